The van der Waals surface area contributed by atoms with Crippen LogP contribution in [0.3, 0.4) is 0 Å². The average molecular weight is 868 g/mol. The summed E-state index contributed by atoms with van der Waals surface area (Å²) in [4.78, 5) is 24.7. The van der Waals surface area contributed by atoms with E-state index in [-0.39, 0.29) is 0 Å². The highest BCUT2D eigenvalue weighted by molar-refractivity contribution is 6.07. The fourth-order valence-electron chi connectivity index (χ4n) is 9.05. The van der Waals surface area contributed by atoms with Crippen molar-refractivity contribution in [3.8, 4) is 101 Å². The third-order valence-corrected chi connectivity index (χ3v) is 12.6. The molecule has 0 saturated heterocycles. The predicted octanol–water partition coefficient (Wildman–Crippen LogP) is 16.0. The van der Waals surface area contributed by atoms with Crippen LogP contribution >= 0.6 is 0 Å². The van der Waals surface area contributed by atoms with E-state index in [2.05, 4.69) is 152 Å². The maximum absolute atomic E-state index is 5.04. The number of benzene rings is 10. The van der Waals surface area contributed by atoms with Crippen LogP contribution in [0, 0.1) is 0 Å². The largest absolute Gasteiger partial charge is 0.228 e. The minimum absolute atomic E-state index is 0.640. The molecule has 0 saturated carbocycles. The summed E-state index contributed by atoms with van der Waals surface area (Å²) >= 11 is 0. The van der Waals surface area contributed by atoms with Gasteiger partial charge < -0.3 is 0 Å². The zero-order valence-corrected chi connectivity index (χ0v) is 36.9. The van der Waals surface area contributed by atoms with Crippen LogP contribution in [-0.2, 0) is 0 Å². The fourth-order valence-corrected chi connectivity index (χ4v) is 9.05. The van der Waals surface area contributed by atoms with Crippen molar-refractivity contribution in [2.75, 3.05) is 0 Å². The van der Waals surface area contributed by atoms with E-state index in [9.17, 15) is 0 Å². The molecule has 0 atom stereocenters. The van der Waals surface area contributed by atoms with E-state index < -0.39 is 0 Å². The van der Waals surface area contributed by atoms with Crippen LogP contribution in [0.15, 0.2) is 249 Å². The third-order valence-electron chi connectivity index (χ3n) is 12.6. The summed E-state index contributed by atoms with van der Waals surface area (Å²) in [5.41, 5.74) is 14.7. The lowest BCUT2D eigenvalue weighted by Crippen LogP contribution is -2.00. The Balaban J connectivity index is 0.827. The van der Waals surface area contributed by atoms with Gasteiger partial charge in [0.15, 0.2) is 23.3 Å². The Morgan fingerprint density at radius 1 is 0.191 bits per heavy atom. The Morgan fingerprint density at radius 2 is 0.500 bits per heavy atom. The van der Waals surface area contributed by atoms with Crippen LogP contribution in [0.25, 0.3) is 123 Å². The van der Waals surface area contributed by atoms with Gasteiger partial charge in [-0.15, -0.1) is 0 Å². The molecule has 2 heterocycles. The van der Waals surface area contributed by atoms with Crippen molar-refractivity contribution in [1.82, 2.24) is 24.9 Å². The topological polar surface area (TPSA) is 64.5 Å². The van der Waals surface area contributed by atoms with Gasteiger partial charge in [-0.05, 0) is 73.1 Å². The molecule has 0 aliphatic carbocycles. The number of hydrogen-bond donors (Lipinski definition) is 0. The SMILES string of the molecule is c1ccc(-c2cc(-c3ccc(-c4ccc5c(-c6cccc7cc(-c8ccc(-c9nc(-c%10ccccc%10)nc(-c%10ccccc%10)n9)cc8)ccc67)cccc5c4)cc3)nc(-c3ccccc3)n2)cc1. The van der Waals surface area contributed by atoms with Gasteiger partial charge >= 0.3 is 0 Å². The second-order valence-corrected chi connectivity index (χ2v) is 16.9. The summed E-state index contributed by atoms with van der Waals surface area (Å²) in [6.07, 6.45) is 0. The first-order valence-electron chi connectivity index (χ1n) is 22.8. The third kappa shape index (κ3) is 7.99. The first-order valence-corrected chi connectivity index (χ1v) is 22.8. The van der Waals surface area contributed by atoms with Crippen LogP contribution in [-0.4, -0.2) is 24.9 Å². The number of rotatable bonds is 9. The number of hydrogen-bond acceptors (Lipinski definition) is 5. The molecule has 0 aliphatic heterocycles. The van der Waals surface area contributed by atoms with Crippen molar-refractivity contribution >= 4 is 21.5 Å². The highest BCUT2D eigenvalue weighted by atomic mass is 15.0. The molecule has 0 radical (unpaired) electrons. The highest BCUT2D eigenvalue weighted by Crippen LogP contribution is 2.38. The van der Waals surface area contributed by atoms with Crippen molar-refractivity contribution in [2.24, 2.45) is 0 Å². The first-order chi connectivity index (χ1) is 33.7. The van der Waals surface area contributed by atoms with Gasteiger partial charge in [-0.1, -0.05) is 231 Å². The van der Waals surface area contributed by atoms with E-state index in [1.165, 1.54) is 32.7 Å². The molecule has 5 heteroatoms. The van der Waals surface area contributed by atoms with Gasteiger partial charge in [-0.2, -0.15) is 0 Å². The summed E-state index contributed by atoms with van der Waals surface area (Å²) < 4.78 is 0. The Hall–Kier alpha value is -9.19. The molecule has 0 unspecified atom stereocenters. The van der Waals surface area contributed by atoms with Crippen LogP contribution in [0.4, 0.5) is 0 Å². The van der Waals surface area contributed by atoms with Crippen LogP contribution < -0.4 is 0 Å². The van der Waals surface area contributed by atoms with Gasteiger partial charge in [0.05, 0.1) is 11.4 Å². The zero-order chi connectivity index (χ0) is 45.2. The quantitative estimate of drug-likeness (QED) is 0.145. The minimum atomic E-state index is 0.640. The van der Waals surface area contributed by atoms with E-state index in [1.807, 2.05) is 97.1 Å². The van der Waals surface area contributed by atoms with Crippen molar-refractivity contribution < 1.29 is 0 Å². The lowest BCUT2D eigenvalue weighted by Gasteiger charge is -2.13. The maximum atomic E-state index is 5.04. The first kappa shape index (κ1) is 40.3. The van der Waals surface area contributed by atoms with Gasteiger partial charge in [-0.25, -0.2) is 24.9 Å². The van der Waals surface area contributed by atoms with E-state index in [0.717, 1.165) is 67.0 Å². The van der Waals surface area contributed by atoms with Gasteiger partial charge in [0, 0.05) is 33.4 Å². The average Bonchev–Trinajstić information content (AvgIpc) is 3.43. The van der Waals surface area contributed by atoms with Crippen molar-refractivity contribution in [3.63, 3.8) is 0 Å². The second-order valence-electron chi connectivity index (χ2n) is 16.9. The molecule has 318 valence electrons. The normalized spacial score (nSPS) is 11.2. The second kappa shape index (κ2) is 17.7. The molecule has 68 heavy (non-hydrogen) atoms. The fraction of sp³-hybridized carbons (Fsp3) is 0. The van der Waals surface area contributed by atoms with E-state index in [4.69, 9.17) is 24.9 Å². The van der Waals surface area contributed by atoms with Crippen molar-refractivity contribution in [1.29, 1.82) is 0 Å². The molecular weight excluding hydrogens is 827 g/mol. The summed E-state index contributed by atoms with van der Waals surface area (Å²) in [7, 11) is 0. The summed E-state index contributed by atoms with van der Waals surface area (Å²) in [5, 5.41) is 4.80. The van der Waals surface area contributed by atoms with Gasteiger partial charge in [-0.3, -0.25) is 0 Å². The molecule has 0 N–H and O–H groups in total. The molecule has 0 fully saturated rings. The standard InChI is InChI=1S/C63H41N5/c1-5-15-44(16-6-1)58-41-59(65-60(64-58)46-17-7-2-8-18-46)45-31-27-42(28-32-45)50-35-37-54-52(39-50)23-13-25-56(54)57-26-14-24-53-40-51(36-38-55(53)57)43-29-33-49(34-30-43)63-67-61(47-19-9-3-10-20-47)66-62(68-63)48-21-11-4-12-22-48/h1-41H. The summed E-state index contributed by atoms with van der Waals surface area (Å²) in [6.45, 7) is 0. The Bertz CT molecular complexity index is 3380. The lowest BCUT2D eigenvalue weighted by atomic mass is 9.91. The molecule has 2 aromatic heterocycles. The van der Waals surface area contributed by atoms with E-state index in [1.54, 1.807) is 0 Å². The van der Waals surface area contributed by atoms with Crippen LogP contribution in [0.5, 0.6) is 0 Å². The van der Waals surface area contributed by atoms with Crippen LogP contribution in [0.2, 0.25) is 0 Å². The summed E-state index contributed by atoms with van der Waals surface area (Å²) in [5.74, 6) is 2.65. The van der Waals surface area contributed by atoms with E-state index in [0.29, 0.717) is 23.3 Å². The molecule has 0 bridgehead atoms. The molecule has 12 aromatic rings. The monoisotopic (exact) mass is 867 g/mol. The molecule has 10 aromatic carbocycles. The van der Waals surface area contributed by atoms with Gasteiger partial charge in [0.1, 0.15) is 0 Å². The predicted molar refractivity (Wildman–Crippen MR) is 279 cm³/mol. The zero-order valence-electron chi connectivity index (χ0n) is 36.9. The highest BCUT2D eigenvalue weighted by Gasteiger charge is 2.15. The molecule has 0 aliphatic rings. The molecule has 12 rings (SSSR count). The van der Waals surface area contributed by atoms with Crippen molar-refractivity contribution in [3.05, 3.63) is 249 Å². The van der Waals surface area contributed by atoms with E-state index >= 15 is 0 Å². The summed E-state index contributed by atoms with van der Waals surface area (Å²) in [6, 6.07) is 86.8. The Kier molecular flexibility index (Phi) is 10.5. The lowest BCUT2D eigenvalue weighted by molar-refractivity contribution is 1.07. The smallest absolute Gasteiger partial charge is 0.164 e. The van der Waals surface area contributed by atoms with Gasteiger partial charge in [0.25, 0.3) is 0 Å². The van der Waals surface area contributed by atoms with Crippen LogP contribution in [0.1, 0.15) is 0 Å². The molecule has 0 spiro atoms. The molecular formula is C63H41N5. The number of fused-ring (bicyclic) bond motifs is 2. The molecule has 5 nitrogen and oxygen atoms in total. The molecule has 0 amide bonds. The number of nitrogens with zero attached hydrogens (tertiary/aromatic N) is 5. The Morgan fingerprint density at radius 3 is 0.912 bits per heavy atom. The maximum Gasteiger partial charge on any atom is 0.164 e. The Labute approximate surface area is 394 Å². The van der Waals surface area contributed by atoms with Crippen molar-refractivity contribution in [2.45, 2.75) is 0 Å². The van der Waals surface area contributed by atoms with Gasteiger partial charge in [0.2, 0.25) is 0 Å². The number of aromatic nitrogens is 5. The minimum Gasteiger partial charge on any atom is -0.228 e.